The maximum atomic E-state index is 11.1. The molecule has 0 aliphatic rings. The minimum Gasteiger partial charge on any atom is -0.440 e. The number of nitrogens with two attached hydrogens (primary N) is 2. The average molecular weight is 302 g/mol. The Labute approximate surface area is 119 Å². The van der Waals surface area contributed by atoms with Crippen LogP contribution >= 0.6 is 11.6 Å². The Hall–Kier alpha value is -2.48. The first-order valence-electron chi connectivity index (χ1n) is 5.35. The minimum absolute atomic E-state index is 0.171. The van der Waals surface area contributed by atoms with Crippen LogP contribution in [0.25, 0.3) is 0 Å². The van der Waals surface area contributed by atoms with Gasteiger partial charge in [0.15, 0.2) is 0 Å². The molecule has 8 nitrogen and oxygen atoms in total. The Morgan fingerprint density at radius 3 is 2.50 bits per heavy atom. The number of ether oxygens (including phenoxy) is 2. The van der Waals surface area contributed by atoms with Crippen LogP contribution in [0.4, 0.5) is 14.4 Å². The van der Waals surface area contributed by atoms with Gasteiger partial charge in [0.2, 0.25) is 0 Å². The van der Waals surface area contributed by atoms with Gasteiger partial charge in [-0.2, -0.15) is 0 Å². The first-order chi connectivity index (χ1) is 9.38. The van der Waals surface area contributed by atoms with E-state index in [1.54, 1.807) is 18.2 Å². The molecule has 0 aromatic heterocycles. The van der Waals surface area contributed by atoms with Crippen molar-refractivity contribution in [1.29, 1.82) is 0 Å². The molecular weight excluding hydrogens is 290 g/mol. The summed E-state index contributed by atoms with van der Waals surface area (Å²) in [5.41, 5.74) is 10.1. The largest absolute Gasteiger partial charge is 0.440 e. The third-order valence-electron chi connectivity index (χ3n) is 2.10. The van der Waals surface area contributed by atoms with Crippen LogP contribution in [0.3, 0.4) is 0 Å². The lowest BCUT2D eigenvalue weighted by molar-refractivity contribution is 0.102. The van der Waals surface area contributed by atoms with Crippen molar-refractivity contribution in [3.8, 4) is 0 Å². The van der Waals surface area contributed by atoms with Gasteiger partial charge in [0.05, 0.1) is 6.54 Å². The molecule has 0 spiro atoms. The summed E-state index contributed by atoms with van der Waals surface area (Å²) in [5, 5.41) is 2.62. The van der Waals surface area contributed by atoms with Crippen LogP contribution < -0.4 is 16.8 Å². The molecule has 20 heavy (non-hydrogen) atoms. The van der Waals surface area contributed by atoms with Gasteiger partial charge in [-0.05, 0) is 17.7 Å². The molecule has 0 unspecified atom stereocenters. The molecule has 108 valence electrons. The number of benzene rings is 1. The van der Waals surface area contributed by atoms with E-state index in [2.05, 4.69) is 15.8 Å². The second-order valence-corrected chi connectivity index (χ2v) is 4.01. The molecule has 1 rings (SSSR count). The quantitative estimate of drug-likeness (QED) is 0.720. The Morgan fingerprint density at radius 2 is 1.95 bits per heavy atom. The normalized spacial score (nSPS) is 11.2. The molecule has 1 atom stereocenters. The summed E-state index contributed by atoms with van der Waals surface area (Å²) in [6.07, 6.45) is -4.23. The number of carbonyl (C=O) groups is 3. The lowest BCUT2D eigenvalue weighted by Crippen LogP contribution is -2.34. The summed E-state index contributed by atoms with van der Waals surface area (Å²) < 4.78 is 8.90. The third-order valence-corrected chi connectivity index (χ3v) is 2.34. The topological polar surface area (TPSA) is 134 Å². The highest BCUT2D eigenvalue weighted by Crippen LogP contribution is 2.20. The Balaban J connectivity index is 2.72. The van der Waals surface area contributed by atoms with Gasteiger partial charge in [0.1, 0.15) is 6.10 Å². The molecule has 0 saturated heterocycles. The van der Waals surface area contributed by atoms with Gasteiger partial charge in [-0.15, -0.1) is 0 Å². The summed E-state index contributed by atoms with van der Waals surface area (Å²) in [6, 6.07) is 6.43. The standard InChI is InChI=1S/C11H12ClN3O5/c12-7-3-1-2-6(4-7)8(19-9(13)16)5-15-11(18)20-10(14)17/h1-4,8H,5H2,(H2,13,16)(H2,14,17)(H,15,18)/t8-/m0/s1. The van der Waals surface area contributed by atoms with Crippen molar-refractivity contribution < 1.29 is 23.9 Å². The molecule has 0 fully saturated rings. The lowest BCUT2D eigenvalue weighted by Gasteiger charge is -2.17. The van der Waals surface area contributed by atoms with Crippen LogP contribution in [0, 0.1) is 0 Å². The number of alkyl carbamates (subject to hydrolysis) is 1. The van der Waals surface area contributed by atoms with Crippen LogP contribution in [0.15, 0.2) is 24.3 Å². The van der Waals surface area contributed by atoms with Crippen LogP contribution in [0.1, 0.15) is 11.7 Å². The molecule has 1 aromatic rings. The van der Waals surface area contributed by atoms with Crippen molar-refractivity contribution in [3.05, 3.63) is 34.9 Å². The highest BCUT2D eigenvalue weighted by atomic mass is 35.5. The van der Waals surface area contributed by atoms with Crippen LogP contribution in [-0.4, -0.2) is 24.8 Å². The Bertz CT molecular complexity index is 523. The number of primary amides is 2. The van der Waals surface area contributed by atoms with Crippen molar-refractivity contribution in [2.24, 2.45) is 11.5 Å². The molecule has 3 amide bonds. The smallest absolute Gasteiger partial charge is 0.416 e. The van der Waals surface area contributed by atoms with Crippen LogP contribution in [0.5, 0.6) is 0 Å². The van der Waals surface area contributed by atoms with E-state index in [1.807, 2.05) is 0 Å². The average Bonchev–Trinajstić information content (AvgIpc) is 2.33. The number of hydrogen-bond donors (Lipinski definition) is 3. The summed E-state index contributed by atoms with van der Waals surface area (Å²) >= 11 is 5.81. The second-order valence-electron chi connectivity index (χ2n) is 3.57. The zero-order chi connectivity index (χ0) is 15.1. The molecule has 0 radical (unpaired) electrons. The Morgan fingerprint density at radius 1 is 1.25 bits per heavy atom. The number of amides is 3. The van der Waals surface area contributed by atoms with Gasteiger partial charge in [-0.3, -0.25) is 0 Å². The van der Waals surface area contributed by atoms with Crippen molar-refractivity contribution >= 4 is 29.9 Å². The fourth-order valence-corrected chi connectivity index (χ4v) is 1.58. The summed E-state index contributed by atoms with van der Waals surface area (Å²) in [6.45, 7) is -0.171. The minimum atomic E-state index is -1.25. The number of carbonyl (C=O) groups excluding carboxylic acids is 3. The van der Waals surface area contributed by atoms with E-state index in [4.69, 9.17) is 22.1 Å². The summed E-state index contributed by atoms with van der Waals surface area (Å²) in [4.78, 5) is 32.3. The van der Waals surface area contributed by atoms with Crippen LogP contribution in [-0.2, 0) is 9.47 Å². The van der Waals surface area contributed by atoms with Gasteiger partial charge in [-0.25, -0.2) is 14.4 Å². The van der Waals surface area contributed by atoms with Crippen molar-refractivity contribution in [3.63, 3.8) is 0 Å². The number of halogens is 1. The molecule has 0 heterocycles. The first-order valence-corrected chi connectivity index (χ1v) is 5.73. The second kappa shape index (κ2) is 7.19. The molecular formula is C11H12ClN3O5. The van der Waals surface area contributed by atoms with Gasteiger partial charge < -0.3 is 26.3 Å². The number of rotatable bonds is 4. The third kappa shape index (κ3) is 5.44. The summed E-state index contributed by atoms with van der Waals surface area (Å²) in [5.74, 6) is 0. The molecule has 5 N–H and O–H groups in total. The van der Waals surface area contributed by atoms with Crippen molar-refractivity contribution in [2.75, 3.05) is 6.54 Å². The molecule has 0 saturated carbocycles. The van der Waals surface area contributed by atoms with Gasteiger partial charge >= 0.3 is 18.3 Å². The molecule has 9 heteroatoms. The number of hydrogen-bond acceptors (Lipinski definition) is 5. The number of nitrogens with one attached hydrogen (secondary N) is 1. The zero-order valence-electron chi connectivity index (χ0n) is 10.2. The van der Waals surface area contributed by atoms with E-state index in [0.29, 0.717) is 10.6 Å². The molecule has 0 bridgehead atoms. The van der Waals surface area contributed by atoms with E-state index in [9.17, 15) is 14.4 Å². The fourth-order valence-electron chi connectivity index (χ4n) is 1.38. The molecule has 0 aliphatic carbocycles. The predicted octanol–water partition coefficient (Wildman–Crippen LogP) is 1.28. The highest BCUT2D eigenvalue weighted by Gasteiger charge is 2.17. The van der Waals surface area contributed by atoms with Crippen molar-refractivity contribution in [2.45, 2.75) is 6.10 Å². The Kier molecular flexibility index (Phi) is 5.60. The van der Waals surface area contributed by atoms with E-state index >= 15 is 0 Å². The SMILES string of the molecule is NC(=O)OC(=O)NC[C@H](OC(N)=O)c1cccc(Cl)c1. The van der Waals surface area contributed by atoms with E-state index in [1.165, 1.54) is 6.07 Å². The van der Waals surface area contributed by atoms with Gasteiger partial charge in [0.25, 0.3) is 0 Å². The predicted molar refractivity (Wildman–Crippen MR) is 68.9 cm³/mol. The van der Waals surface area contributed by atoms with E-state index in [-0.39, 0.29) is 6.54 Å². The van der Waals surface area contributed by atoms with E-state index in [0.717, 1.165) is 0 Å². The monoisotopic (exact) mass is 301 g/mol. The van der Waals surface area contributed by atoms with Crippen LogP contribution in [0.2, 0.25) is 5.02 Å². The maximum Gasteiger partial charge on any atom is 0.416 e. The molecule has 0 aliphatic heterocycles. The van der Waals surface area contributed by atoms with Gasteiger partial charge in [0, 0.05) is 5.02 Å². The van der Waals surface area contributed by atoms with Gasteiger partial charge in [-0.1, -0.05) is 23.7 Å². The first kappa shape index (κ1) is 15.6. The lowest BCUT2D eigenvalue weighted by atomic mass is 10.1. The zero-order valence-corrected chi connectivity index (χ0v) is 10.9. The maximum absolute atomic E-state index is 11.1. The highest BCUT2D eigenvalue weighted by molar-refractivity contribution is 6.30. The fraction of sp³-hybridized carbons (Fsp3) is 0.182. The molecule has 1 aromatic carbocycles. The van der Waals surface area contributed by atoms with Crippen molar-refractivity contribution in [1.82, 2.24) is 5.32 Å². The van der Waals surface area contributed by atoms with E-state index < -0.39 is 24.4 Å². The summed E-state index contributed by atoms with van der Waals surface area (Å²) in [7, 11) is 0.